The summed E-state index contributed by atoms with van der Waals surface area (Å²) in [5, 5.41) is 0.357. The van der Waals surface area contributed by atoms with Crippen molar-refractivity contribution in [1.82, 2.24) is 4.98 Å². The lowest BCUT2D eigenvalue weighted by Crippen LogP contribution is -2.12. The van der Waals surface area contributed by atoms with Crippen molar-refractivity contribution in [1.29, 1.82) is 0 Å². The SMILES string of the molecule is CCOc1ccc(S(=O)(=O)Nc2nc3ccccc3s2)cc1. The van der Waals surface area contributed by atoms with Crippen LogP contribution in [0.15, 0.2) is 53.4 Å². The highest BCUT2D eigenvalue weighted by Gasteiger charge is 2.16. The predicted molar refractivity (Wildman–Crippen MR) is 88.0 cm³/mol. The number of benzene rings is 2. The van der Waals surface area contributed by atoms with Gasteiger partial charge in [-0.15, -0.1) is 0 Å². The number of aromatic nitrogens is 1. The highest BCUT2D eigenvalue weighted by molar-refractivity contribution is 7.93. The van der Waals surface area contributed by atoms with Crippen LogP contribution in [0.3, 0.4) is 0 Å². The molecule has 0 saturated carbocycles. The zero-order valence-corrected chi connectivity index (χ0v) is 13.4. The number of fused-ring (bicyclic) bond motifs is 1. The van der Waals surface area contributed by atoms with E-state index in [0.29, 0.717) is 17.5 Å². The number of hydrogen-bond acceptors (Lipinski definition) is 5. The van der Waals surface area contributed by atoms with Crippen LogP contribution < -0.4 is 9.46 Å². The van der Waals surface area contributed by atoms with Gasteiger partial charge in [0.25, 0.3) is 10.0 Å². The quantitative estimate of drug-likeness (QED) is 0.775. The van der Waals surface area contributed by atoms with Crippen LogP contribution in [0.5, 0.6) is 5.75 Å². The first-order valence-electron chi connectivity index (χ1n) is 6.70. The van der Waals surface area contributed by atoms with Gasteiger partial charge in [0.15, 0.2) is 5.13 Å². The van der Waals surface area contributed by atoms with Gasteiger partial charge in [0.1, 0.15) is 5.75 Å². The fourth-order valence-electron chi connectivity index (χ4n) is 1.97. The largest absolute Gasteiger partial charge is 0.494 e. The fourth-order valence-corrected chi connectivity index (χ4v) is 4.07. The standard InChI is InChI=1S/C15H14N2O3S2/c1-2-20-11-7-9-12(10-8-11)22(18,19)17-15-16-13-5-3-4-6-14(13)21-15/h3-10H,2H2,1H3,(H,16,17). The van der Waals surface area contributed by atoms with Crippen molar-refractivity contribution in [3.8, 4) is 5.75 Å². The smallest absolute Gasteiger partial charge is 0.263 e. The molecule has 2 aromatic carbocycles. The molecule has 0 atom stereocenters. The maximum Gasteiger partial charge on any atom is 0.263 e. The molecule has 0 saturated heterocycles. The fraction of sp³-hybridized carbons (Fsp3) is 0.133. The second-order valence-corrected chi connectivity index (χ2v) is 7.21. The predicted octanol–water partition coefficient (Wildman–Crippen LogP) is 3.50. The minimum atomic E-state index is -3.65. The molecule has 3 rings (SSSR count). The Morgan fingerprint density at radius 1 is 1.14 bits per heavy atom. The maximum atomic E-state index is 12.4. The molecule has 1 aromatic heterocycles. The third-order valence-corrected chi connectivity index (χ3v) is 5.40. The van der Waals surface area contributed by atoms with E-state index >= 15 is 0 Å². The number of sulfonamides is 1. The zero-order valence-electron chi connectivity index (χ0n) is 11.8. The average molecular weight is 334 g/mol. The number of hydrogen-bond donors (Lipinski definition) is 1. The Labute approximate surface area is 132 Å². The van der Waals surface area contributed by atoms with Crippen LogP contribution in [-0.2, 0) is 10.0 Å². The number of anilines is 1. The Bertz CT molecular complexity index is 854. The van der Waals surface area contributed by atoms with E-state index in [9.17, 15) is 8.42 Å². The molecule has 5 nitrogen and oxygen atoms in total. The number of nitrogens with zero attached hydrogens (tertiary/aromatic N) is 1. The van der Waals surface area contributed by atoms with Gasteiger partial charge in [0.2, 0.25) is 0 Å². The van der Waals surface area contributed by atoms with Crippen molar-refractivity contribution in [2.45, 2.75) is 11.8 Å². The second-order valence-electron chi connectivity index (χ2n) is 4.50. The number of ether oxygens (including phenoxy) is 1. The summed E-state index contributed by atoms with van der Waals surface area (Å²) in [5.74, 6) is 0.640. The summed E-state index contributed by atoms with van der Waals surface area (Å²) in [7, 11) is -3.65. The molecular weight excluding hydrogens is 320 g/mol. The van der Waals surface area contributed by atoms with Gasteiger partial charge in [0, 0.05) is 0 Å². The van der Waals surface area contributed by atoms with Crippen LogP contribution in [0.4, 0.5) is 5.13 Å². The van der Waals surface area contributed by atoms with Crippen molar-refractivity contribution in [3.05, 3.63) is 48.5 Å². The molecule has 0 aliphatic rings. The summed E-state index contributed by atoms with van der Waals surface area (Å²) in [4.78, 5) is 4.45. The van der Waals surface area contributed by atoms with E-state index in [1.54, 1.807) is 12.1 Å². The Morgan fingerprint density at radius 2 is 1.86 bits per heavy atom. The molecule has 7 heteroatoms. The summed E-state index contributed by atoms with van der Waals surface area (Å²) in [5.41, 5.74) is 0.775. The van der Waals surface area contributed by atoms with Crippen molar-refractivity contribution in [3.63, 3.8) is 0 Å². The van der Waals surface area contributed by atoms with E-state index in [-0.39, 0.29) is 4.90 Å². The molecule has 0 bridgehead atoms. The molecular formula is C15H14N2O3S2. The maximum absolute atomic E-state index is 12.4. The molecule has 0 spiro atoms. The Hall–Kier alpha value is -2.12. The zero-order chi connectivity index (χ0) is 15.6. The second kappa shape index (κ2) is 5.94. The first-order valence-corrected chi connectivity index (χ1v) is 9.00. The molecule has 0 fully saturated rings. The van der Waals surface area contributed by atoms with E-state index in [2.05, 4.69) is 9.71 Å². The monoisotopic (exact) mass is 334 g/mol. The van der Waals surface area contributed by atoms with E-state index in [1.165, 1.54) is 23.5 Å². The third kappa shape index (κ3) is 3.05. The normalized spacial score (nSPS) is 11.5. The molecule has 22 heavy (non-hydrogen) atoms. The highest BCUT2D eigenvalue weighted by Crippen LogP contribution is 2.27. The topological polar surface area (TPSA) is 68.3 Å². The summed E-state index contributed by atoms with van der Waals surface area (Å²) < 4.78 is 33.5. The molecule has 0 unspecified atom stereocenters. The molecule has 0 amide bonds. The minimum absolute atomic E-state index is 0.176. The lowest BCUT2D eigenvalue weighted by atomic mass is 10.3. The summed E-state index contributed by atoms with van der Waals surface area (Å²) >= 11 is 1.30. The van der Waals surface area contributed by atoms with Gasteiger partial charge in [-0.3, -0.25) is 4.72 Å². The van der Waals surface area contributed by atoms with Crippen molar-refractivity contribution in [2.75, 3.05) is 11.3 Å². The van der Waals surface area contributed by atoms with Crippen LogP contribution in [-0.4, -0.2) is 20.0 Å². The third-order valence-electron chi connectivity index (χ3n) is 2.96. The van der Waals surface area contributed by atoms with Gasteiger partial charge in [-0.25, -0.2) is 13.4 Å². The van der Waals surface area contributed by atoms with Crippen LogP contribution in [0.2, 0.25) is 0 Å². The van der Waals surface area contributed by atoms with Crippen molar-refractivity contribution >= 4 is 36.7 Å². The lowest BCUT2D eigenvalue weighted by Gasteiger charge is -2.06. The molecule has 0 radical (unpaired) electrons. The van der Waals surface area contributed by atoms with Gasteiger partial charge >= 0.3 is 0 Å². The molecule has 114 valence electrons. The summed E-state index contributed by atoms with van der Waals surface area (Å²) in [6.45, 7) is 2.41. The van der Waals surface area contributed by atoms with Crippen LogP contribution in [0.25, 0.3) is 10.2 Å². The first-order chi connectivity index (χ1) is 10.6. The van der Waals surface area contributed by atoms with E-state index < -0.39 is 10.0 Å². The molecule has 1 N–H and O–H groups in total. The van der Waals surface area contributed by atoms with E-state index in [1.807, 2.05) is 31.2 Å². The van der Waals surface area contributed by atoms with Gasteiger partial charge < -0.3 is 4.74 Å². The van der Waals surface area contributed by atoms with E-state index in [4.69, 9.17) is 4.74 Å². The van der Waals surface area contributed by atoms with Gasteiger partial charge in [0.05, 0.1) is 21.7 Å². The minimum Gasteiger partial charge on any atom is -0.494 e. The number of rotatable bonds is 5. The van der Waals surface area contributed by atoms with Crippen LogP contribution >= 0.6 is 11.3 Å². The number of para-hydroxylation sites is 1. The highest BCUT2D eigenvalue weighted by atomic mass is 32.2. The number of thiazole rings is 1. The molecule has 0 aliphatic heterocycles. The summed E-state index contributed by atoms with van der Waals surface area (Å²) in [6.07, 6.45) is 0. The Balaban J connectivity index is 1.86. The molecule has 1 heterocycles. The van der Waals surface area contributed by atoms with Gasteiger partial charge in [-0.05, 0) is 43.3 Å². The first kappa shape index (κ1) is 14.8. The molecule has 0 aliphatic carbocycles. The van der Waals surface area contributed by atoms with Crippen LogP contribution in [0.1, 0.15) is 6.92 Å². The van der Waals surface area contributed by atoms with Crippen molar-refractivity contribution < 1.29 is 13.2 Å². The average Bonchev–Trinajstić information content (AvgIpc) is 2.89. The van der Waals surface area contributed by atoms with Gasteiger partial charge in [-0.2, -0.15) is 0 Å². The van der Waals surface area contributed by atoms with E-state index in [0.717, 1.165) is 10.2 Å². The number of nitrogens with one attached hydrogen (secondary N) is 1. The van der Waals surface area contributed by atoms with Crippen molar-refractivity contribution in [2.24, 2.45) is 0 Å². The Kier molecular flexibility index (Phi) is 4.00. The molecule has 3 aromatic rings. The lowest BCUT2D eigenvalue weighted by molar-refractivity contribution is 0.340. The van der Waals surface area contributed by atoms with Gasteiger partial charge in [-0.1, -0.05) is 23.5 Å². The van der Waals surface area contributed by atoms with Crippen LogP contribution in [0, 0.1) is 0 Å². The summed E-state index contributed by atoms with van der Waals surface area (Å²) in [6, 6.07) is 13.8. The Morgan fingerprint density at radius 3 is 2.55 bits per heavy atom.